The zero-order valence-electron chi connectivity index (χ0n) is 16.8. The van der Waals surface area contributed by atoms with Crippen molar-refractivity contribution in [2.24, 2.45) is 11.8 Å². The van der Waals surface area contributed by atoms with E-state index in [9.17, 15) is 8.42 Å². The first-order chi connectivity index (χ1) is 12.7. The molecule has 1 aromatic heterocycles. The molecule has 3 rings (SSSR count). The maximum atomic E-state index is 12.4. The highest BCUT2D eigenvalue weighted by Gasteiger charge is 2.33. The summed E-state index contributed by atoms with van der Waals surface area (Å²) >= 11 is 0. The van der Waals surface area contributed by atoms with Crippen LogP contribution in [-0.4, -0.2) is 18.9 Å². The molecular weight excluding hydrogens is 356 g/mol. The minimum Gasteiger partial charge on any atom is -0.464 e. The summed E-state index contributed by atoms with van der Waals surface area (Å²) in [7, 11) is -3.01. The largest absolute Gasteiger partial charge is 0.464 e. The van der Waals surface area contributed by atoms with Crippen molar-refractivity contribution in [1.29, 1.82) is 0 Å². The van der Waals surface area contributed by atoms with Crippen LogP contribution in [0.2, 0.25) is 0 Å². The third-order valence-corrected chi connectivity index (χ3v) is 8.70. The fourth-order valence-corrected chi connectivity index (χ4v) is 5.39. The lowest BCUT2D eigenvalue weighted by atomic mass is 9.80. The van der Waals surface area contributed by atoms with E-state index >= 15 is 0 Å². The molecule has 2 aromatic rings. The van der Waals surface area contributed by atoms with Crippen molar-refractivity contribution >= 4 is 9.84 Å². The zero-order valence-corrected chi connectivity index (χ0v) is 17.6. The van der Waals surface area contributed by atoms with Gasteiger partial charge in [0.1, 0.15) is 5.76 Å². The number of hydrogen-bond donors (Lipinski definition) is 0. The van der Waals surface area contributed by atoms with Crippen LogP contribution in [0.3, 0.4) is 0 Å². The molecule has 0 aliphatic heterocycles. The molecule has 0 spiro atoms. The van der Waals surface area contributed by atoms with Gasteiger partial charge < -0.3 is 4.42 Å². The van der Waals surface area contributed by atoms with Crippen molar-refractivity contribution in [3.8, 4) is 11.3 Å². The highest BCUT2D eigenvalue weighted by atomic mass is 32.2. The van der Waals surface area contributed by atoms with E-state index in [0.29, 0.717) is 17.6 Å². The van der Waals surface area contributed by atoms with Crippen LogP contribution < -0.4 is 0 Å². The first-order valence-electron chi connectivity index (χ1n) is 10.1. The molecular formula is C23H32O3S. The molecule has 0 bridgehead atoms. The third-order valence-electron chi connectivity index (χ3n) is 5.93. The lowest BCUT2D eigenvalue weighted by Crippen LogP contribution is -2.34. The smallest absolute Gasteiger partial charge is 0.155 e. The Balaban J connectivity index is 1.48. The molecule has 148 valence electrons. The van der Waals surface area contributed by atoms with Gasteiger partial charge in [-0.25, -0.2) is 8.42 Å². The molecule has 4 heteroatoms. The number of aryl methyl sites for hydroxylation is 1. The fourth-order valence-electron chi connectivity index (χ4n) is 3.94. The SMILES string of the molecule is CC(C)(C)S(=O)(=O)CC1CCC(CCc2cccc(-c3ccco3)c2)CC1. The Labute approximate surface area is 164 Å². The molecule has 0 atom stereocenters. The zero-order chi connectivity index (χ0) is 19.5. The number of benzene rings is 1. The molecule has 0 N–H and O–H groups in total. The highest BCUT2D eigenvalue weighted by Crippen LogP contribution is 2.34. The molecule has 27 heavy (non-hydrogen) atoms. The summed E-state index contributed by atoms with van der Waals surface area (Å²) in [6, 6.07) is 12.5. The Morgan fingerprint density at radius 1 is 1.00 bits per heavy atom. The van der Waals surface area contributed by atoms with Crippen LogP contribution in [0.15, 0.2) is 47.1 Å². The fraction of sp³-hybridized carbons (Fsp3) is 0.565. The molecule has 1 heterocycles. The van der Waals surface area contributed by atoms with Gasteiger partial charge in [-0.3, -0.25) is 0 Å². The molecule has 0 unspecified atom stereocenters. The molecule has 1 aliphatic rings. The van der Waals surface area contributed by atoms with Gasteiger partial charge in [0, 0.05) is 5.56 Å². The average molecular weight is 389 g/mol. The first-order valence-corrected chi connectivity index (χ1v) is 11.7. The van der Waals surface area contributed by atoms with Crippen molar-refractivity contribution < 1.29 is 12.8 Å². The topological polar surface area (TPSA) is 47.3 Å². The summed E-state index contributed by atoms with van der Waals surface area (Å²) in [5, 5.41) is 0. The van der Waals surface area contributed by atoms with Gasteiger partial charge in [0.2, 0.25) is 0 Å². The number of furan rings is 1. The number of hydrogen-bond acceptors (Lipinski definition) is 3. The van der Waals surface area contributed by atoms with E-state index in [2.05, 4.69) is 24.3 Å². The maximum absolute atomic E-state index is 12.4. The standard InChI is InChI=1S/C23H32O3S/c1-23(2,3)27(24,25)17-20-13-10-18(11-14-20)9-12-19-6-4-7-21(16-19)22-8-5-15-26-22/h4-8,15-16,18,20H,9-14,17H2,1-3H3. The van der Waals surface area contributed by atoms with Crippen LogP contribution in [0.4, 0.5) is 0 Å². The van der Waals surface area contributed by atoms with E-state index in [1.165, 1.54) is 12.0 Å². The molecule has 0 amide bonds. The van der Waals surface area contributed by atoms with Crippen molar-refractivity contribution in [1.82, 2.24) is 0 Å². The molecule has 1 aliphatic carbocycles. The van der Waals surface area contributed by atoms with Crippen molar-refractivity contribution in [2.75, 3.05) is 5.75 Å². The molecule has 1 fully saturated rings. The van der Waals surface area contributed by atoms with Crippen LogP contribution in [0.25, 0.3) is 11.3 Å². The average Bonchev–Trinajstić information content (AvgIpc) is 3.15. The second-order valence-corrected chi connectivity index (χ2v) is 11.8. The lowest BCUT2D eigenvalue weighted by molar-refractivity contribution is 0.278. The molecule has 0 radical (unpaired) electrons. The van der Waals surface area contributed by atoms with Crippen LogP contribution in [0.5, 0.6) is 0 Å². The van der Waals surface area contributed by atoms with E-state index in [1.807, 2.05) is 32.9 Å². The van der Waals surface area contributed by atoms with Gasteiger partial charge in [-0.15, -0.1) is 0 Å². The van der Waals surface area contributed by atoms with Gasteiger partial charge in [-0.05, 0) is 82.1 Å². The first kappa shape index (κ1) is 20.2. The molecule has 0 saturated heterocycles. The van der Waals surface area contributed by atoms with Gasteiger partial charge in [-0.1, -0.05) is 31.0 Å². The maximum Gasteiger partial charge on any atom is 0.155 e. The summed E-state index contributed by atoms with van der Waals surface area (Å²) in [6.45, 7) is 5.43. The third kappa shape index (κ3) is 5.25. The summed E-state index contributed by atoms with van der Waals surface area (Å²) in [5.74, 6) is 2.32. The van der Waals surface area contributed by atoms with E-state index in [-0.39, 0.29) is 0 Å². The van der Waals surface area contributed by atoms with Gasteiger partial charge in [0.15, 0.2) is 9.84 Å². The minimum absolute atomic E-state index is 0.341. The summed E-state index contributed by atoms with van der Waals surface area (Å²) in [6.07, 6.45) is 8.37. The van der Waals surface area contributed by atoms with Crippen LogP contribution >= 0.6 is 0 Å². The van der Waals surface area contributed by atoms with Crippen LogP contribution in [-0.2, 0) is 16.3 Å². The normalized spacial score (nSPS) is 21.3. The second-order valence-electron chi connectivity index (χ2n) is 9.00. The summed E-state index contributed by atoms with van der Waals surface area (Å²) < 4.78 is 29.7. The Morgan fingerprint density at radius 3 is 2.33 bits per heavy atom. The highest BCUT2D eigenvalue weighted by molar-refractivity contribution is 7.92. The monoisotopic (exact) mass is 388 g/mol. The van der Waals surface area contributed by atoms with Crippen LogP contribution in [0.1, 0.15) is 58.4 Å². The molecule has 3 nitrogen and oxygen atoms in total. The van der Waals surface area contributed by atoms with Crippen molar-refractivity contribution in [3.05, 3.63) is 48.2 Å². The van der Waals surface area contributed by atoms with Gasteiger partial charge in [0.05, 0.1) is 16.8 Å². The predicted molar refractivity (Wildman–Crippen MR) is 111 cm³/mol. The Hall–Kier alpha value is -1.55. The summed E-state index contributed by atoms with van der Waals surface area (Å²) in [4.78, 5) is 0. The Bertz CT molecular complexity index is 821. The Kier molecular flexibility index (Phi) is 6.15. The molecule has 1 saturated carbocycles. The number of rotatable bonds is 6. The van der Waals surface area contributed by atoms with Crippen molar-refractivity contribution in [2.45, 2.75) is 64.0 Å². The predicted octanol–water partition coefficient (Wildman–Crippen LogP) is 5.90. The van der Waals surface area contributed by atoms with E-state index in [1.54, 1.807) is 6.26 Å². The Morgan fingerprint density at radius 2 is 1.70 bits per heavy atom. The van der Waals surface area contributed by atoms with Crippen LogP contribution in [0, 0.1) is 11.8 Å². The van der Waals surface area contributed by atoms with Gasteiger partial charge >= 0.3 is 0 Å². The second kappa shape index (κ2) is 8.22. The molecule has 1 aromatic carbocycles. The van der Waals surface area contributed by atoms with Gasteiger partial charge in [0.25, 0.3) is 0 Å². The van der Waals surface area contributed by atoms with E-state index in [0.717, 1.165) is 43.4 Å². The number of sulfone groups is 1. The van der Waals surface area contributed by atoms with Gasteiger partial charge in [-0.2, -0.15) is 0 Å². The minimum atomic E-state index is -3.01. The van der Waals surface area contributed by atoms with E-state index in [4.69, 9.17) is 4.42 Å². The van der Waals surface area contributed by atoms with Crippen molar-refractivity contribution in [3.63, 3.8) is 0 Å². The lowest BCUT2D eigenvalue weighted by Gasteiger charge is -2.30. The quantitative estimate of drug-likeness (QED) is 0.619. The van der Waals surface area contributed by atoms with E-state index < -0.39 is 14.6 Å². The summed E-state index contributed by atoms with van der Waals surface area (Å²) in [5.41, 5.74) is 2.48.